The molecule has 0 aliphatic heterocycles. The van der Waals surface area contributed by atoms with Crippen molar-refractivity contribution in [1.82, 2.24) is 10.4 Å². The van der Waals surface area contributed by atoms with Crippen LogP contribution in [0.2, 0.25) is 5.02 Å². The summed E-state index contributed by atoms with van der Waals surface area (Å²) in [6, 6.07) is 19.9. The van der Waals surface area contributed by atoms with E-state index < -0.39 is 0 Å². The zero-order chi connectivity index (χ0) is 14.7. The highest BCUT2D eigenvalue weighted by Gasteiger charge is 2.12. The Hall–Kier alpha value is -1.94. The zero-order valence-electron chi connectivity index (χ0n) is 11.5. The van der Waals surface area contributed by atoms with Gasteiger partial charge in [-0.05, 0) is 36.2 Å². The number of rotatable bonds is 4. The minimum absolute atomic E-state index is 0.0317. The summed E-state index contributed by atoms with van der Waals surface area (Å²) in [7, 11) is 0. The lowest BCUT2D eigenvalue weighted by Gasteiger charge is -2.16. The van der Waals surface area contributed by atoms with E-state index in [0.717, 1.165) is 33.6 Å². The van der Waals surface area contributed by atoms with Gasteiger partial charge in [-0.3, -0.25) is 16.3 Å². The molecule has 0 spiro atoms. The molecule has 1 heterocycles. The Kier molecular flexibility index (Phi) is 4.15. The first-order valence-corrected chi connectivity index (χ1v) is 7.20. The molecule has 1 atom stereocenters. The number of hydrazine groups is 1. The van der Waals surface area contributed by atoms with Crippen molar-refractivity contribution in [2.24, 2.45) is 5.84 Å². The largest absolute Gasteiger partial charge is 0.271 e. The number of fused-ring (bicyclic) bond motifs is 1. The molecule has 21 heavy (non-hydrogen) atoms. The van der Waals surface area contributed by atoms with Crippen molar-refractivity contribution in [1.29, 1.82) is 0 Å². The van der Waals surface area contributed by atoms with E-state index in [-0.39, 0.29) is 6.04 Å². The average Bonchev–Trinajstić information content (AvgIpc) is 2.54. The molecular formula is C17H16ClN3. The van der Waals surface area contributed by atoms with E-state index in [4.69, 9.17) is 22.4 Å². The number of hydrogen-bond donors (Lipinski definition) is 2. The first kappa shape index (κ1) is 14.0. The fourth-order valence-corrected chi connectivity index (χ4v) is 2.51. The quantitative estimate of drug-likeness (QED) is 0.571. The van der Waals surface area contributed by atoms with Crippen molar-refractivity contribution in [3.05, 3.63) is 76.9 Å². The number of hydrogen-bond acceptors (Lipinski definition) is 3. The summed E-state index contributed by atoms with van der Waals surface area (Å²) < 4.78 is 0. The smallest absolute Gasteiger partial charge is 0.0706 e. The van der Waals surface area contributed by atoms with Crippen LogP contribution in [0.5, 0.6) is 0 Å². The van der Waals surface area contributed by atoms with E-state index in [1.165, 1.54) is 0 Å². The summed E-state index contributed by atoms with van der Waals surface area (Å²) in [4.78, 5) is 4.69. The molecule has 0 saturated heterocycles. The van der Waals surface area contributed by atoms with Crippen LogP contribution in [0.4, 0.5) is 0 Å². The number of halogens is 1. The highest BCUT2D eigenvalue weighted by molar-refractivity contribution is 6.30. The minimum atomic E-state index is -0.0317. The second kappa shape index (κ2) is 6.22. The predicted octanol–water partition coefficient (Wildman–Crippen LogP) is 3.64. The minimum Gasteiger partial charge on any atom is -0.271 e. The number of pyridine rings is 1. The molecule has 0 aliphatic carbocycles. The topological polar surface area (TPSA) is 50.9 Å². The zero-order valence-corrected chi connectivity index (χ0v) is 12.2. The van der Waals surface area contributed by atoms with Crippen LogP contribution in [-0.4, -0.2) is 4.98 Å². The van der Waals surface area contributed by atoms with Gasteiger partial charge in [0.1, 0.15) is 0 Å². The maximum Gasteiger partial charge on any atom is 0.0706 e. The van der Waals surface area contributed by atoms with Gasteiger partial charge in [0.05, 0.1) is 17.3 Å². The normalized spacial score (nSPS) is 12.5. The van der Waals surface area contributed by atoms with Crippen molar-refractivity contribution < 1.29 is 0 Å². The Morgan fingerprint density at radius 2 is 1.76 bits per heavy atom. The van der Waals surface area contributed by atoms with Crippen molar-refractivity contribution in [3.8, 4) is 0 Å². The Balaban J connectivity index is 1.88. The summed E-state index contributed by atoms with van der Waals surface area (Å²) in [5, 5.41) is 1.86. The van der Waals surface area contributed by atoms with E-state index in [2.05, 4.69) is 17.6 Å². The molecule has 4 heteroatoms. The van der Waals surface area contributed by atoms with Crippen LogP contribution < -0.4 is 11.3 Å². The SMILES string of the molecule is NNC(Cc1ccc(Cl)cc1)c1ccc2ccccc2n1. The first-order chi connectivity index (χ1) is 10.3. The van der Waals surface area contributed by atoms with Crippen LogP contribution in [0.25, 0.3) is 10.9 Å². The number of nitrogens with two attached hydrogens (primary N) is 1. The molecule has 0 bridgehead atoms. The number of benzene rings is 2. The second-order valence-corrected chi connectivity index (χ2v) is 5.42. The summed E-state index contributed by atoms with van der Waals surface area (Å²) in [5.41, 5.74) is 5.93. The van der Waals surface area contributed by atoms with Crippen LogP contribution >= 0.6 is 11.6 Å². The van der Waals surface area contributed by atoms with Crippen LogP contribution in [0.15, 0.2) is 60.7 Å². The molecule has 3 rings (SSSR count). The predicted molar refractivity (Wildman–Crippen MR) is 87.0 cm³/mol. The third-order valence-electron chi connectivity index (χ3n) is 3.53. The number of aromatic nitrogens is 1. The summed E-state index contributed by atoms with van der Waals surface area (Å²) in [5.74, 6) is 5.71. The molecule has 3 nitrogen and oxygen atoms in total. The Labute approximate surface area is 128 Å². The summed E-state index contributed by atoms with van der Waals surface area (Å²) in [6.45, 7) is 0. The second-order valence-electron chi connectivity index (χ2n) is 4.98. The Bertz CT molecular complexity index is 740. The standard InChI is InChI=1S/C17H16ClN3/c18-14-8-5-12(6-9-14)11-17(21-19)16-10-7-13-3-1-2-4-15(13)20-16/h1-10,17,21H,11,19H2. The third kappa shape index (κ3) is 3.22. The number of nitrogens with zero attached hydrogens (tertiary/aromatic N) is 1. The van der Waals surface area contributed by atoms with Gasteiger partial charge in [0.2, 0.25) is 0 Å². The highest BCUT2D eigenvalue weighted by atomic mass is 35.5. The summed E-state index contributed by atoms with van der Waals surface area (Å²) in [6.07, 6.45) is 0.763. The van der Waals surface area contributed by atoms with E-state index in [1.807, 2.05) is 48.5 Å². The van der Waals surface area contributed by atoms with Gasteiger partial charge in [-0.2, -0.15) is 0 Å². The fraction of sp³-hybridized carbons (Fsp3) is 0.118. The molecule has 1 aromatic heterocycles. The van der Waals surface area contributed by atoms with Gasteiger partial charge in [0.25, 0.3) is 0 Å². The van der Waals surface area contributed by atoms with E-state index in [0.29, 0.717) is 0 Å². The molecule has 2 aromatic carbocycles. The molecular weight excluding hydrogens is 282 g/mol. The van der Waals surface area contributed by atoms with Gasteiger partial charge in [-0.15, -0.1) is 0 Å². The van der Waals surface area contributed by atoms with E-state index in [9.17, 15) is 0 Å². The molecule has 0 saturated carbocycles. The number of para-hydroxylation sites is 1. The van der Waals surface area contributed by atoms with Crippen molar-refractivity contribution in [2.45, 2.75) is 12.5 Å². The van der Waals surface area contributed by atoms with Crippen LogP contribution in [0.1, 0.15) is 17.3 Å². The lowest BCUT2D eigenvalue weighted by atomic mass is 10.0. The molecule has 0 amide bonds. The van der Waals surface area contributed by atoms with Gasteiger partial charge in [-0.25, -0.2) is 0 Å². The van der Waals surface area contributed by atoms with Crippen LogP contribution in [-0.2, 0) is 6.42 Å². The lowest BCUT2D eigenvalue weighted by Crippen LogP contribution is -2.30. The molecule has 0 radical (unpaired) electrons. The average molecular weight is 298 g/mol. The third-order valence-corrected chi connectivity index (χ3v) is 3.78. The Morgan fingerprint density at radius 1 is 1.00 bits per heavy atom. The van der Waals surface area contributed by atoms with E-state index >= 15 is 0 Å². The summed E-state index contributed by atoms with van der Waals surface area (Å²) >= 11 is 5.91. The van der Waals surface area contributed by atoms with Crippen molar-refractivity contribution in [3.63, 3.8) is 0 Å². The fourth-order valence-electron chi connectivity index (χ4n) is 2.38. The van der Waals surface area contributed by atoms with Crippen LogP contribution in [0.3, 0.4) is 0 Å². The molecule has 0 aliphatic rings. The molecule has 1 unspecified atom stereocenters. The molecule has 106 valence electrons. The highest BCUT2D eigenvalue weighted by Crippen LogP contribution is 2.20. The van der Waals surface area contributed by atoms with Crippen LogP contribution in [0, 0.1) is 0 Å². The van der Waals surface area contributed by atoms with Gasteiger partial charge in [-0.1, -0.05) is 48.0 Å². The van der Waals surface area contributed by atoms with E-state index in [1.54, 1.807) is 0 Å². The van der Waals surface area contributed by atoms with Gasteiger partial charge in [0, 0.05) is 10.4 Å². The molecule has 0 fully saturated rings. The number of nitrogens with one attached hydrogen (secondary N) is 1. The maximum absolute atomic E-state index is 5.91. The van der Waals surface area contributed by atoms with Gasteiger partial charge in [0.15, 0.2) is 0 Å². The van der Waals surface area contributed by atoms with Gasteiger partial charge < -0.3 is 0 Å². The van der Waals surface area contributed by atoms with Gasteiger partial charge >= 0.3 is 0 Å². The lowest BCUT2D eigenvalue weighted by molar-refractivity contribution is 0.540. The Morgan fingerprint density at radius 3 is 2.52 bits per heavy atom. The molecule has 3 aromatic rings. The monoisotopic (exact) mass is 297 g/mol. The first-order valence-electron chi connectivity index (χ1n) is 6.82. The van der Waals surface area contributed by atoms with Crippen molar-refractivity contribution >= 4 is 22.5 Å². The van der Waals surface area contributed by atoms with Crippen molar-refractivity contribution in [2.75, 3.05) is 0 Å². The molecule has 3 N–H and O–H groups in total. The maximum atomic E-state index is 5.91.